The van der Waals surface area contributed by atoms with Gasteiger partial charge in [-0.25, -0.2) is 8.78 Å². The van der Waals surface area contributed by atoms with Gasteiger partial charge in [-0.3, -0.25) is 4.79 Å². The van der Waals surface area contributed by atoms with Crippen LogP contribution in [0.3, 0.4) is 0 Å². The number of benzene rings is 1. The molecule has 4 N–H and O–H groups in total. The van der Waals surface area contributed by atoms with Crippen molar-refractivity contribution in [2.75, 3.05) is 17.6 Å². The average molecular weight is 362 g/mol. The topological polar surface area (TPSA) is 78.6 Å². The number of carbonyl (C=O) groups is 1. The second kappa shape index (κ2) is 5.90. The van der Waals surface area contributed by atoms with Crippen molar-refractivity contribution < 1.29 is 18.6 Å². The molecule has 114 valence electrons. The smallest absolute Gasteiger partial charge is 0.377 e. The van der Waals surface area contributed by atoms with Gasteiger partial charge in [0.05, 0.1) is 24.0 Å². The van der Waals surface area contributed by atoms with Crippen LogP contribution in [0.25, 0.3) is 0 Å². The molecule has 9 heteroatoms. The van der Waals surface area contributed by atoms with Crippen LogP contribution < -0.4 is 11.1 Å². The maximum atomic E-state index is 13.5. The quantitative estimate of drug-likeness (QED) is 0.566. The zero-order valence-corrected chi connectivity index (χ0v) is 12.9. The molecule has 2 rings (SSSR count). The maximum Gasteiger partial charge on any atom is 0.377 e. The number of halogens is 3. The Kier molecular flexibility index (Phi) is 4.55. The van der Waals surface area contributed by atoms with E-state index < -0.39 is 37.9 Å². The number of hydrogen-bond acceptors (Lipinski definition) is 4. The fraction of sp³-hybridized carbons (Fsp3) is 0.417. The zero-order chi connectivity index (χ0) is 15.8. The first-order valence-electron chi connectivity index (χ1n) is 6.37. The molecule has 1 aromatic rings. The Morgan fingerprint density at radius 3 is 2.90 bits per heavy atom. The second-order valence-electron chi connectivity index (χ2n) is 5.10. The van der Waals surface area contributed by atoms with E-state index in [2.05, 4.69) is 21.2 Å². The number of rotatable bonds is 3. The minimum atomic E-state index is -3.00. The van der Waals surface area contributed by atoms with Crippen LogP contribution in [-0.2, 0) is 4.79 Å². The molecule has 1 heterocycles. The first-order chi connectivity index (χ1) is 9.69. The van der Waals surface area contributed by atoms with Crippen LogP contribution in [0.15, 0.2) is 22.7 Å². The number of nitrogens with two attached hydrogens (primary N) is 1. The van der Waals surface area contributed by atoms with Crippen LogP contribution in [-0.4, -0.2) is 41.3 Å². The molecule has 1 saturated heterocycles. The normalized spacial score (nSPS) is 21.3. The lowest BCUT2D eigenvalue weighted by Crippen LogP contribution is -2.47. The number of carbonyl (C=O) groups excluding carboxylic acids is 1. The molecule has 0 radical (unpaired) electrons. The molecule has 1 fully saturated rings. The summed E-state index contributed by atoms with van der Waals surface area (Å²) < 4.78 is 27.7. The highest BCUT2D eigenvalue weighted by atomic mass is 79.9. The van der Waals surface area contributed by atoms with Crippen LogP contribution in [0.2, 0.25) is 6.82 Å². The van der Waals surface area contributed by atoms with E-state index in [9.17, 15) is 18.6 Å². The van der Waals surface area contributed by atoms with Gasteiger partial charge in [0.1, 0.15) is 0 Å². The van der Waals surface area contributed by atoms with Crippen LogP contribution in [0.5, 0.6) is 0 Å². The number of nitrogens with one attached hydrogen (secondary N) is 1. The molecule has 1 atom stereocenters. The molecule has 1 aliphatic rings. The number of nitrogens with zero attached hydrogens (tertiary/aromatic N) is 1. The van der Waals surface area contributed by atoms with E-state index in [4.69, 9.17) is 5.73 Å². The highest BCUT2D eigenvalue weighted by molar-refractivity contribution is 9.10. The molecule has 21 heavy (non-hydrogen) atoms. The van der Waals surface area contributed by atoms with E-state index in [1.807, 2.05) is 0 Å². The summed E-state index contributed by atoms with van der Waals surface area (Å²) in [4.78, 5) is 13.3. The lowest BCUT2D eigenvalue weighted by Gasteiger charge is -2.23. The molecule has 1 amide bonds. The van der Waals surface area contributed by atoms with Crippen molar-refractivity contribution in [3.05, 3.63) is 22.7 Å². The van der Waals surface area contributed by atoms with Gasteiger partial charge in [0.15, 0.2) is 0 Å². The molecule has 1 aliphatic heterocycles. The van der Waals surface area contributed by atoms with Crippen molar-refractivity contribution in [3.8, 4) is 0 Å². The van der Waals surface area contributed by atoms with E-state index in [-0.39, 0.29) is 0 Å². The van der Waals surface area contributed by atoms with Gasteiger partial charge in [-0.2, -0.15) is 0 Å². The second-order valence-corrected chi connectivity index (χ2v) is 6.02. The molecule has 0 aliphatic carbocycles. The third kappa shape index (κ3) is 3.72. The van der Waals surface area contributed by atoms with Crippen LogP contribution in [0.1, 0.15) is 6.42 Å². The molecule has 5 nitrogen and oxygen atoms in total. The molecular weight excluding hydrogens is 347 g/mol. The molecule has 0 spiro atoms. The van der Waals surface area contributed by atoms with Crippen LogP contribution in [0, 0.1) is 0 Å². The number of alkyl halides is 2. The first kappa shape index (κ1) is 16.2. The van der Waals surface area contributed by atoms with E-state index in [0.717, 1.165) is 4.81 Å². The van der Waals surface area contributed by atoms with E-state index in [0.29, 0.717) is 15.8 Å². The summed E-state index contributed by atoms with van der Waals surface area (Å²) in [6.07, 6.45) is -0.627. The third-order valence-electron chi connectivity index (χ3n) is 3.36. The summed E-state index contributed by atoms with van der Waals surface area (Å²) >= 11 is 3.25. The standard InChI is InChI=1S/C12H15BBrF2N3O2/c1-13(21)19-6-12(15,16)5-10(19)11(20)18-9-4-7(14)2-3-8(9)17/h2-4,10,21H,5-6,17H2,1H3,(H,18,20)/t10-/m0/s1. The molecule has 0 unspecified atom stereocenters. The van der Waals surface area contributed by atoms with Gasteiger partial charge in [0, 0.05) is 10.9 Å². The minimum Gasteiger partial charge on any atom is -0.437 e. The first-order valence-corrected chi connectivity index (χ1v) is 7.16. The number of hydrogen-bond donors (Lipinski definition) is 3. The Balaban J connectivity index is 2.17. The Bertz CT molecular complexity index is 559. The molecule has 1 aromatic carbocycles. The van der Waals surface area contributed by atoms with Crippen molar-refractivity contribution in [3.63, 3.8) is 0 Å². The molecular formula is C12H15BBrF2N3O2. The van der Waals surface area contributed by atoms with Gasteiger partial charge < -0.3 is 20.9 Å². The molecule has 0 aromatic heterocycles. The molecule has 0 bridgehead atoms. The Morgan fingerprint density at radius 1 is 1.62 bits per heavy atom. The predicted molar refractivity (Wildman–Crippen MR) is 81.1 cm³/mol. The van der Waals surface area contributed by atoms with Crippen molar-refractivity contribution >= 4 is 40.3 Å². The summed E-state index contributed by atoms with van der Waals surface area (Å²) in [5.41, 5.74) is 6.41. The molecule has 0 saturated carbocycles. The lowest BCUT2D eigenvalue weighted by atomic mass is 9.84. The summed E-state index contributed by atoms with van der Waals surface area (Å²) in [7, 11) is -1.13. The SMILES string of the molecule is CB(O)N1CC(F)(F)C[C@H]1C(=O)Nc1cc(Br)ccc1N. The minimum absolute atomic E-state index is 0.333. The fourth-order valence-electron chi connectivity index (χ4n) is 2.33. The summed E-state index contributed by atoms with van der Waals surface area (Å²) in [5.74, 6) is -3.61. The van der Waals surface area contributed by atoms with Gasteiger partial charge in [-0.15, -0.1) is 0 Å². The number of anilines is 2. The van der Waals surface area contributed by atoms with Crippen LogP contribution in [0.4, 0.5) is 20.2 Å². The largest absolute Gasteiger partial charge is 0.437 e. The summed E-state index contributed by atoms with van der Waals surface area (Å²) in [6, 6.07) is 3.79. The number of amides is 1. The predicted octanol–water partition coefficient (Wildman–Crippen LogP) is 1.79. The van der Waals surface area contributed by atoms with E-state index in [1.54, 1.807) is 18.2 Å². The van der Waals surface area contributed by atoms with Gasteiger partial charge in [0.2, 0.25) is 5.91 Å². The van der Waals surface area contributed by atoms with Crippen molar-refractivity contribution in [1.29, 1.82) is 0 Å². The van der Waals surface area contributed by atoms with Gasteiger partial charge in [0.25, 0.3) is 5.92 Å². The summed E-state index contributed by atoms with van der Waals surface area (Å²) in [6.45, 7) is 0.714. The average Bonchev–Trinajstić information content (AvgIpc) is 2.70. The Hall–Kier alpha value is -1.19. The van der Waals surface area contributed by atoms with Gasteiger partial charge >= 0.3 is 7.05 Å². The highest BCUT2D eigenvalue weighted by Gasteiger charge is 2.50. The van der Waals surface area contributed by atoms with E-state index >= 15 is 0 Å². The third-order valence-corrected chi connectivity index (χ3v) is 3.86. The van der Waals surface area contributed by atoms with Crippen molar-refractivity contribution in [2.24, 2.45) is 0 Å². The number of nitrogen functional groups attached to an aromatic ring is 1. The van der Waals surface area contributed by atoms with Gasteiger partial charge in [-0.05, 0) is 25.0 Å². The van der Waals surface area contributed by atoms with Crippen LogP contribution >= 0.6 is 15.9 Å². The van der Waals surface area contributed by atoms with Crippen molar-refractivity contribution in [2.45, 2.75) is 25.2 Å². The monoisotopic (exact) mass is 361 g/mol. The summed E-state index contributed by atoms with van der Waals surface area (Å²) in [5, 5.41) is 12.1. The lowest BCUT2D eigenvalue weighted by molar-refractivity contribution is -0.119. The fourth-order valence-corrected chi connectivity index (χ4v) is 2.69. The van der Waals surface area contributed by atoms with Crippen molar-refractivity contribution in [1.82, 2.24) is 4.81 Å². The maximum absolute atomic E-state index is 13.5. The Labute approximate surface area is 129 Å². The van der Waals surface area contributed by atoms with Gasteiger partial charge in [-0.1, -0.05) is 15.9 Å². The zero-order valence-electron chi connectivity index (χ0n) is 11.3. The van der Waals surface area contributed by atoms with E-state index in [1.165, 1.54) is 6.82 Å². The Morgan fingerprint density at radius 2 is 2.29 bits per heavy atom. The highest BCUT2D eigenvalue weighted by Crippen LogP contribution is 2.33.